The van der Waals surface area contributed by atoms with Crippen molar-refractivity contribution in [2.75, 3.05) is 20.6 Å². The first-order valence-electron chi connectivity index (χ1n) is 7.02. The minimum atomic E-state index is -0.145. The van der Waals surface area contributed by atoms with E-state index in [9.17, 15) is 9.59 Å². The maximum absolute atomic E-state index is 12.4. The van der Waals surface area contributed by atoms with Crippen LogP contribution in [-0.2, 0) is 6.54 Å². The normalized spacial score (nSPS) is 10.4. The van der Waals surface area contributed by atoms with Crippen LogP contribution in [-0.4, -0.2) is 37.1 Å². The number of pyridine rings is 1. The number of hydrogen-bond donors (Lipinski definition) is 0. The van der Waals surface area contributed by atoms with Crippen LogP contribution in [0.15, 0.2) is 42.7 Å². The summed E-state index contributed by atoms with van der Waals surface area (Å²) in [6, 6.07) is 8.26. The Balaban J connectivity index is 0.00000288. The molecule has 1 heterocycles. The lowest BCUT2D eigenvalue weighted by Gasteiger charge is -2.07. The number of ketones is 2. The van der Waals surface area contributed by atoms with E-state index >= 15 is 0 Å². The molecular formula is C17H17Cl3N2O2. The van der Waals surface area contributed by atoms with Crippen molar-refractivity contribution in [2.24, 2.45) is 0 Å². The Hall–Kier alpha value is -1.46. The highest BCUT2D eigenvalue weighted by Crippen LogP contribution is 2.21. The molecule has 0 saturated carbocycles. The molecule has 0 spiro atoms. The molecule has 0 N–H and O–H groups in total. The van der Waals surface area contributed by atoms with E-state index in [0.717, 1.165) is 0 Å². The maximum Gasteiger partial charge on any atom is 0.229 e. The number of rotatable bonds is 6. The van der Waals surface area contributed by atoms with Crippen LogP contribution in [0.4, 0.5) is 0 Å². The summed E-state index contributed by atoms with van der Waals surface area (Å²) in [6.07, 6.45) is 3.42. The Morgan fingerprint density at radius 1 is 1.12 bits per heavy atom. The van der Waals surface area contributed by atoms with Crippen molar-refractivity contribution in [3.05, 3.63) is 63.9 Å². The van der Waals surface area contributed by atoms with E-state index in [1.165, 1.54) is 6.07 Å². The molecule has 4 nitrogen and oxygen atoms in total. The predicted octanol–water partition coefficient (Wildman–Crippen LogP) is -0.0879. The second-order valence-electron chi connectivity index (χ2n) is 5.47. The van der Waals surface area contributed by atoms with Crippen LogP contribution in [0.5, 0.6) is 0 Å². The molecule has 2 rings (SSSR count). The highest BCUT2D eigenvalue weighted by molar-refractivity contribution is 6.36. The third-order valence-electron chi connectivity index (χ3n) is 3.20. The molecule has 0 saturated heterocycles. The molecule has 0 aliphatic carbocycles. The Morgan fingerprint density at radius 2 is 1.83 bits per heavy atom. The Morgan fingerprint density at radius 3 is 2.46 bits per heavy atom. The number of carbonyl (C=O) groups is 2. The van der Waals surface area contributed by atoms with Crippen molar-refractivity contribution in [1.29, 1.82) is 0 Å². The van der Waals surface area contributed by atoms with Gasteiger partial charge in [-0.2, -0.15) is 4.57 Å². The first kappa shape index (κ1) is 20.6. The molecule has 0 bridgehead atoms. The summed E-state index contributed by atoms with van der Waals surface area (Å²) < 4.78 is 1.68. The molecule has 1 aromatic carbocycles. The predicted molar refractivity (Wildman–Crippen MR) is 90.3 cm³/mol. The molecule has 0 fully saturated rings. The van der Waals surface area contributed by atoms with E-state index in [4.69, 9.17) is 23.2 Å². The highest BCUT2D eigenvalue weighted by atomic mass is 35.5. The highest BCUT2D eigenvalue weighted by Gasteiger charge is 2.17. The van der Waals surface area contributed by atoms with Crippen LogP contribution in [0.3, 0.4) is 0 Å². The summed E-state index contributed by atoms with van der Waals surface area (Å²) in [6.45, 7) is 0.422. The maximum atomic E-state index is 12.4. The van der Waals surface area contributed by atoms with Gasteiger partial charge >= 0.3 is 0 Å². The van der Waals surface area contributed by atoms with Gasteiger partial charge in [-0.3, -0.25) is 9.59 Å². The van der Waals surface area contributed by atoms with Crippen LogP contribution in [0.25, 0.3) is 0 Å². The summed E-state index contributed by atoms with van der Waals surface area (Å²) in [5, 5.41) is 0.804. The van der Waals surface area contributed by atoms with Crippen molar-refractivity contribution in [3.8, 4) is 0 Å². The summed E-state index contributed by atoms with van der Waals surface area (Å²) >= 11 is 11.9. The zero-order chi connectivity index (χ0) is 17.0. The SMILES string of the molecule is CN(C)CC(=O)c1ccc[n+](CC(=O)c2ccc(Cl)cc2Cl)c1.[Cl-]. The molecule has 0 radical (unpaired) electrons. The van der Waals surface area contributed by atoms with Gasteiger partial charge in [0.25, 0.3) is 0 Å². The molecule has 7 heteroatoms. The molecule has 24 heavy (non-hydrogen) atoms. The fourth-order valence-electron chi connectivity index (χ4n) is 2.13. The lowest BCUT2D eigenvalue weighted by Crippen LogP contribution is -3.00. The van der Waals surface area contributed by atoms with Crippen molar-refractivity contribution in [2.45, 2.75) is 6.54 Å². The van der Waals surface area contributed by atoms with Crippen LogP contribution in [0.1, 0.15) is 20.7 Å². The number of halogens is 3. The smallest absolute Gasteiger partial charge is 0.229 e. The van der Waals surface area contributed by atoms with Gasteiger partial charge in [0.15, 0.2) is 18.2 Å². The summed E-state index contributed by atoms with van der Waals surface area (Å²) in [7, 11) is 3.67. The van der Waals surface area contributed by atoms with Gasteiger partial charge in [-0.1, -0.05) is 23.2 Å². The van der Waals surface area contributed by atoms with Gasteiger partial charge in [-0.15, -0.1) is 0 Å². The van der Waals surface area contributed by atoms with Gasteiger partial charge in [0.1, 0.15) is 0 Å². The number of Topliss-reactive ketones (excluding diaryl/α,β-unsaturated/α-hetero) is 2. The largest absolute Gasteiger partial charge is 1.00 e. The van der Waals surface area contributed by atoms with Crippen molar-refractivity contribution < 1.29 is 26.6 Å². The number of benzene rings is 1. The fraction of sp³-hybridized carbons (Fsp3) is 0.235. The number of nitrogens with zero attached hydrogens (tertiary/aromatic N) is 2. The number of hydrogen-bond acceptors (Lipinski definition) is 3. The van der Waals surface area contributed by atoms with Gasteiger partial charge in [0.05, 0.1) is 17.1 Å². The summed E-state index contributed by atoms with van der Waals surface area (Å²) in [4.78, 5) is 26.2. The zero-order valence-electron chi connectivity index (χ0n) is 13.3. The molecule has 0 aliphatic rings. The van der Waals surface area contributed by atoms with Crippen LogP contribution in [0.2, 0.25) is 10.0 Å². The van der Waals surface area contributed by atoms with Crippen molar-refractivity contribution >= 4 is 34.8 Å². The monoisotopic (exact) mass is 386 g/mol. The second kappa shape index (κ2) is 9.14. The summed E-state index contributed by atoms with van der Waals surface area (Å²) in [5.74, 6) is -0.143. The third kappa shape index (κ3) is 5.56. The van der Waals surface area contributed by atoms with Gasteiger partial charge in [0.2, 0.25) is 12.3 Å². The van der Waals surface area contributed by atoms with E-state index in [-0.39, 0.29) is 30.5 Å². The Bertz CT molecular complexity index is 748. The van der Waals surface area contributed by atoms with Crippen molar-refractivity contribution in [3.63, 3.8) is 0 Å². The molecule has 0 amide bonds. The second-order valence-corrected chi connectivity index (χ2v) is 6.32. The average molecular weight is 388 g/mol. The van der Waals surface area contributed by atoms with E-state index in [1.54, 1.807) is 46.1 Å². The summed E-state index contributed by atoms with van der Waals surface area (Å²) in [5.41, 5.74) is 0.977. The van der Waals surface area contributed by atoms with Crippen molar-refractivity contribution in [1.82, 2.24) is 4.90 Å². The first-order chi connectivity index (χ1) is 10.9. The molecule has 0 aliphatic heterocycles. The molecule has 2 aromatic rings. The van der Waals surface area contributed by atoms with E-state index in [1.807, 2.05) is 14.1 Å². The number of likely N-dealkylation sites (N-methyl/N-ethyl adjacent to an activating group) is 1. The molecule has 1 aromatic heterocycles. The van der Waals surface area contributed by atoms with E-state index in [0.29, 0.717) is 27.7 Å². The minimum absolute atomic E-state index is 0. The topological polar surface area (TPSA) is 41.3 Å². The van der Waals surface area contributed by atoms with Gasteiger partial charge in [-0.05, 0) is 38.4 Å². The van der Waals surface area contributed by atoms with Gasteiger partial charge < -0.3 is 17.3 Å². The molecular weight excluding hydrogens is 371 g/mol. The lowest BCUT2D eigenvalue weighted by molar-refractivity contribution is -0.683. The van der Waals surface area contributed by atoms with E-state index in [2.05, 4.69) is 0 Å². The third-order valence-corrected chi connectivity index (χ3v) is 3.75. The van der Waals surface area contributed by atoms with Crippen LogP contribution in [0, 0.1) is 0 Å². The van der Waals surface area contributed by atoms with Gasteiger partial charge in [0, 0.05) is 16.7 Å². The van der Waals surface area contributed by atoms with Crippen LogP contribution < -0.4 is 17.0 Å². The fourth-order valence-corrected chi connectivity index (χ4v) is 2.64. The number of aromatic nitrogens is 1. The molecule has 0 atom stereocenters. The lowest BCUT2D eigenvalue weighted by atomic mass is 10.1. The Labute approximate surface area is 157 Å². The molecule has 0 unspecified atom stereocenters. The average Bonchev–Trinajstić information content (AvgIpc) is 2.46. The quantitative estimate of drug-likeness (QED) is 0.514. The van der Waals surface area contributed by atoms with E-state index < -0.39 is 0 Å². The standard InChI is InChI=1S/C17H17Cl2N2O2.ClH/c1-20(2)10-16(22)12-4-3-7-21(9-12)11-17(23)14-6-5-13(18)8-15(14)19;/h3-9H,10-11H2,1-2H3;1H/q+1;/p-1. The Kier molecular flexibility index (Phi) is 7.84. The van der Waals surface area contributed by atoms with Gasteiger partial charge in [-0.25, -0.2) is 0 Å². The first-order valence-corrected chi connectivity index (χ1v) is 7.77. The number of carbonyl (C=O) groups excluding carboxylic acids is 2. The minimum Gasteiger partial charge on any atom is -1.00 e. The molecule has 128 valence electrons. The van der Waals surface area contributed by atoms with Crippen LogP contribution >= 0.6 is 23.2 Å². The zero-order valence-corrected chi connectivity index (χ0v) is 15.6.